The molecule has 8 heteroatoms. The smallest absolute Gasteiger partial charge is 0.171 e. The van der Waals surface area contributed by atoms with Gasteiger partial charge in [-0.05, 0) is 44.0 Å². The van der Waals surface area contributed by atoms with Crippen LogP contribution in [0.15, 0.2) is 33.5 Å². The molecule has 102 valence electrons. The zero-order chi connectivity index (χ0) is 14.4. The molecule has 0 spiro atoms. The minimum atomic E-state index is -0.00829. The van der Waals surface area contributed by atoms with Crippen molar-refractivity contribution in [3.8, 4) is 11.5 Å². The molecular weight excluding hydrogens is 423 g/mol. The first-order valence-electron chi connectivity index (χ1n) is 4.79. The third kappa shape index (κ3) is 5.52. The first-order chi connectivity index (χ1) is 8.93. The number of hydrogen-bond donors (Lipinski definition) is 1. The summed E-state index contributed by atoms with van der Waals surface area (Å²) in [6, 6.07) is 3.24. The van der Waals surface area contributed by atoms with E-state index < -0.39 is 0 Å². The van der Waals surface area contributed by atoms with Crippen molar-refractivity contribution in [2.24, 2.45) is 0 Å². The van der Waals surface area contributed by atoms with Crippen LogP contribution in [0, 0.1) is 0 Å². The second kappa shape index (κ2) is 7.89. The number of rotatable bonds is 1. The highest BCUT2D eigenvalue weighted by atomic mass is 79.9. The van der Waals surface area contributed by atoms with Gasteiger partial charge in [-0.1, -0.05) is 23.2 Å². The molecule has 0 unspecified atom stereocenters. The zero-order valence-corrected chi connectivity index (χ0v) is 14.3. The van der Waals surface area contributed by atoms with Crippen LogP contribution >= 0.6 is 55.1 Å². The van der Waals surface area contributed by atoms with Crippen LogP contribution in [0.1, 0.15) is 0 Å². The molecule has 0 aliphatic carbocycles. The van der Waals surface area contributed by atoms with Gasteiger partial charge in [0.2, 0.25) is 0 Å². The normalized spacial score (nSPS) is 9.53. The summed E-state index contributed by atoms with van der Waals surface area (Å²) in [4.78, 5) is 7.49. The topological polar surface area (TPSA) is 55.2 Å². The Labute approximate surface area is 137 Å². The van der Waals surface area contributed by atoms with E-state index in [-0.39, 0.29) is 10.9 Å². The van der Waals surface area contributed by atoms with Crippen molar-refractivity contribution in [3.05, 3.63) is 43.8 Å². The first-order valence-corrected chi connectivity index (χ1v) is 7.13. The van der Waals surface area contributed by atoms with Gasteiger partial charge in [0.25, 0.3) is 0 Å². The minimum absolute atomic E-state index is 0.00829. The highest BCUT2D eigenvalue weighted by Crippen LogP contribution is 2.24. The fourth-order valence-corrected chi connectivity index (χ4v) is 1.87. The number of ether oxygens (including phenoxy) is 1. The van der Waals surface area contributed by atoms with Crippen molar-refractivity contribution >= 4 is 55.1 Å². The monoisotopic (exact) mass is 428 g/mol. The van der Waals surface area contributed by atoms with Gasteiger partial charge < -0.3 is 9.84 Å². The molecule has 2 rings (SSSR count). The van der Waals surface area contributed by atoms with E-state index in [9.17, 15) is 0 Å². The van der Waals surface area contributed by atoms with E-state index in [1.54, 1.807) is 19.4 Å². The number of pyridine rings is 2. The summed E-state index contributed by atoms with van der Waals surface area (Å²) < 4.78 is 6.47. The fourth-order valence-electron chi connectivity index (χ4n) is 0.959. The maximum Gasteiger partial charge on any atom is 0.171 e. The van der Waals surface area contributed by atoms with Crippen LogP contribution in [0.2, 0.25) is 10.3 Å². The fraction of sp³-hybridized carbons (Fsp3) is 0.0909. The molecule has 2 heterocycles. The second-order valence-corrected chi connectivity index (χ2v) is 5.66. The maximum atomic E-state index is 8.88. The Morgan fingerprint density at radius 1 is 1.05 bits per heavy atom. The molecule has 2 aromatic rings. The van der Waals surface area contributed by atoms with E-state index >= 15 is 0 Å². The second-order valence-electron chi connectivity index (χ2n) is 3.11. The Morgan fingerprint density at radius 2 is 1.58 bits per heavy atom. The molecule has 4 nitrogen and oxygen atoms in total. The van der Waals surface area contributed by atoms with Gasteiger partial charge in [-0.25, -0.2) is 9.97 Å². The van der Waals surface area contributed by atoms with E-state index in [4.69, 9.17) is 33.0 Å². The zero-order valence-electron chi connectivity index (χ0n) is 9.57. The third-order valence-corrected chi connectivity index (χ3v) is 3.22. The third-order valence-electron chi connectivity index (χ3n) is 1.78. The molecule has 19 heavy (non-hydrogen) atoms. The Kier molecular flexibility index (Phi) is 6.85. The van der Waals surface area contributed by atoms with Gasteiger partial charge in [0.15, 0.2) is 21.8 Å². The lowest BCUT2D eigenvalue weighted by Gasteiger charge is -2.00. The lowest BCUT2D eigenvalue weighted by molar-refractivity contribution is 0.413. The largest absolute Gasteiger partial charge is 0.505 e. The number of nitrogens with zero attached hydrogens (tertiary/aromatic N) is 2. The molecule has 0 radical (unpaired) electrons. The predicted molar refractivity (Wildman–Crippen MR) is 82.1 cm³/mol. The summed E-state index contributed by atoms with van der Waals surface area (Å²) in [5, 5.41) is 9.38. The van der Waals surface area contributed by atoms with E-state index in [1.807, 2.05) is 0 Å². The minimum Gasteiger partial charge on any atom is -0.505 e. The molecule has 1 N–H and O–H groups in total. The van der Waals surface area contributed by atoms with E-state index in [0.717, 1.165) is 4.47 Å². The van der Waals surface area contributed by atoms with Gasteiger partial charge in [0, 0.05) is 21.3 Å². The van der Waals surface area contributed by atoms with Crippen LogP contribution in [0.25, 0.3) is 0 Å². The molecule has 0 saturated carbocycles. The van der Waals surface area contributed by atoms with Crippen LogP contribution < -0.4 is 4.74 Å². The quantitative estimate of drug-likeness (QED) is 0.666. The van der Waals surface area contributed by atoms with Crippen LogP contribution in [0.3, 0.4) is 0 Å². The van der Waals surface area contributed by atoms with Crippen molar-refractivity contribution in [3.63, 3.8) is 0 Å². The Hall–Kier alpha value is -0.560. The molecule has 0 atom stereocenters. The number of halogens is 4. The molecule has 0 aliphatic rings. The number of aromatic hydroxyl groups is 1. The van der Waals surface area contributed by atoms with E-state index in [1.165, 1.54) is 12.3 Å². The van der Waals surface area contributed by atoms with Crippen LogP contribution in [0.4, 0.5) is 0 Å². The standard InChI is InChI=1S/C6H5BrClNO.C5H3BrClNO/c1-10-5-2-4(7)3-9-6(5)8;6-3-1-4(9)5(7)8-2-3/h2-3H,1H3;1-2,9H. The summed E-state index contributed by atoms with van der Waals surface area (Å²) in [5.74, 6) is 0.571. The van der Waals surface area contributed by atoms with Crippen LogP contribution in [-0.2, 0) is 0 Å². The molecule has 0 aromatic carbocycles. The molecular formula is C11H8Br2Cl2N2O2. The van der Waals surface area contributed by atoms with Crippen molar-refractivity contribution in [2.45, 2.75) is 0 Å². The van der Waals surface area contributed by atoms with E-state index in [2.05, 4.69) is 41.8 Å². The lowest BCUT2D eigenvalue weighted by Crippen LogP contribution is -1.85. The molecule has 0 saturated heterocycles. The van der Waals surface area contributed by atoms with Gasteiger partial charge in [-0.3, -0.25) is 0 Å². The first kappa shape index (κ1) is 16.5. The lowest BCUT2D eigenvalue weighted by atomic mass is 10.5. The summed E-state index contributed by atoms with van der Waals surface area (Å²) in [5.41, 5.74) is 0. The summed E-state index contributed by atoms with van der Waals surface area (Å²) in [6.07, 6.45) is 3.13. The van der Waals surface area contributed by atoms with Crippen molar-refractivity contribution in [1.29, 1.82) is 0 Å². The molecule has 0 aliphatic heterocycles. The predicted octanol–water partition coefficient (Wildman–Crippen LogP) is 4.71. The Bertz CT molecular complexity index is 570. The van der Waals surface area contributed by atoms with E-state index in [0.29, 0.717) is 15.4 Å². The van der Waals surface area contributed by atoms with Gasteiger partial charge >= 0.3 is 0 Å². The number of aromatic nitrogens is 2. The Balaban J connectivity index is 0.000000191. The van der Waals surface area contributed by atoms with Gasteiger partial charge in [-0.2, -0.15) is 0 Å². The summed E-state index contributed by atoms with van der Waals surface area (Å²) >= 11 is 17.4. The van der Waals surface area contributed by atoms with Crippen LogP contribution in [0.5, 0.6) is 11.5 Å². The Morgan fingerprint density at radius 3 is 2.00 bits per heavy atom. The van der Waals surface area contributed by atoms with Gasteiger partial charge in [-0.15, -0.1) is 0 Å². The molecule has 0 amide bonds. The van der Waals surface area contributed by atoms with Gasteiger partial charge in [0.05, 0.1) is 7.11 Å². The van der Waals surface area contributed by atoms with Crippen molar-refractivity contribution in [1.82, 2.24) is 9.97 Å². The summed E-state index contributed by atoms with van der Waals surface area (Å²) in [7, 11) is 1.55. The van der Waals surface area contributed by atoms with Gasteiger partial charge in [0.1, 0.15) is 0 Å². The van der Waals surface area contributed by atoms with Crippen LogP contribution in [-0.4, -0.2) is 22.2 Å². The highest BCUT2D eigenvalue weighted by Gasteiger charge is 2.00. The molecule has 0 fully saturated rings. The molecule has 0 bridgehead atoms. The highest BCUT2D eigenvalue weighted by molar-refractivity contribution is 9.10. The average Bonchev–Trinajstić information content (AvgIpc) is 2.38. The summed E-state index contributed by atoms with van der Waals surface area (Å²) in [6.45, 7) is 0. The number of hydrogen-bond acceptors (Lipinski definition) is 4. The van der Waals surface area contributed by atoms with Crippen molar-refractivity contribution < 1.29 is 9.84 Å². The SMILES string of the molecule is COc1cc(Br)cnc1Cl.Oc1cc(Br)cnc1Cl. The van der Waals surface area contributed by atoms with Crippen molar-refractivity contribution in [2.75, 3.05) is 7.11 Å². The average molecular weight is 431 g/mol. The number of methoxy groups -OCH3 is 1. The molecule has 2 aromatic heterocycles. The maximum absolute atomic E-state index is 8.88.